The average molecular weight is 402 g/mol. The topological polar surface area (TPSA) is 98.7 Å². The lowest BCUT2D eigenvalue weighted by molar-refractivity contribution is 0.309. The van der Waals surface area contributed by atoms with Gasteiger partial charge in [0.1, 0.15) is 5.69 Å². The molecule has 1 aliphatic heterocycles. The summed E-state index contributed by atoms with van der Waals surface area (Å²) in [5, 5.41) is 8.54. The number of pyridine rings is 1. The maximum atomic E-state index is 5.68. The van der Waals surface area contributed by atoms with E-state index in [0.717, 1.165) is 26.2 Å². The highest BCUT2D eigenvalue weighted by molar-refractivity contribution is 5.45. The van der Waals surface area contributed by atoms with Crippen LogP contribution in [0.3, 0.4) is 0 Å². The van der Waals surface area contributed by atoms with Crippen molar-refractivity contribution >= 4 is 0 Å². The van der Waals surface area contributed by atoms with Crippen molar-refractivity contribution in [3.8, 4) is 11.5 Å². The molecule has 9 heteroatoms. The second-order valence-electron chi connectivity index (χ2n) is 7.44. The Morgan fingerprint density at radius 1 is 1.07 bits per heavy atom. The van der Waals surface area contributed by atoms with E-state index >= 15 is 0 Å². The minimum Gasteiger partial charge on any atom is -0.339 e. The molecular formula is C21H22N8O. The molecule has 1 aliphatic rings. The molecule has 4 aromatic heterocycles. The molecule has 0 bridgehead atoms. The van der Waals surface area contributed by atoms with Crippen LogP contribution in [0.5, 0.6) is 0 Å². The first-order valence-electron chi connectivity index (χ1n) is 10.0. The Kier molecular flexibility index (Phi) is 5.02. The number of hydrogen-bond donors (Lipinski definition) is 0. The highest BCUT2D eigenvalue weighted by atomic mass is 16.5. The smallest absolute Gasteiger partial charge is 0.232 e. The van der Waals surface area contributed by atoms with Crippen LogP contribution in [0, 0.1) is 0 Å². The van der Waals surface area contributed by atoms with E-state index in [9.17, 15) is 0 Å². The summed E-state index contributed by atoms with van der Waals surface area (Å²) in [4.78, 5) is 19.7. The van der Waals surface area contributed by atoms with Crippen molar-refractivity contribution in [2.45, 2.75) is 31.8 Å². The Morgan fingerprint density at radius 2 is 1.97 bits per heavy atom. The lowest BCUT2D eigenvalue weighted by atomic mass is 9.90. The van der Waals surface area contributed by atoms with Gasteiger partial charge in [0.15, 0.2) is 0 Å². The normalized spacial score (nSPS) is 19.4. The second kappa shape index (κ2) is 8.11. The number of likely N-dealkylation sites (tertiary alicyclic amines) is 1. The molecule has 152 valence electrons. The molecule has 5 rings (SSSR count). The molecule has 0 unspecified atom stereocenters. The number of nitrogens with zero attached hydrogens (tertiary/aromatic N) is 8. The molecule has 2 atom stereocenters. The Balaban J connectivity index is 1.41. The van der Waals surface area contributed by atoms with E-state index in [0.29, 0.717) is 17.4 Å². The van der Waals surface area contributed by atoms with Gasteiger partial charge in [0, 0.05) is 68.6 Å². The molecule has 1 saturated heterocycles. The maximum absolute atomic E-state index is 5.68. The van der Waals surface area contributed by atoms with Crippen LogP contribution in [-0.4, -0.2) is 52.9 Å². The average Bonchev–Trinajstić information content (AvgIpc) is 3.55. The fourth-order valence-corrected chi connectivity index (χ4v) is 4.02. The van der Waals surface area contributed by atoms with E-state index in [2.05, 4.69) is 54.3 Å². The van der Waals surface area contributed by atoms with Crippen LogP contribution in [0.2, 0.25) is 0 Å². The lowest BCUT2D eigenvalue weighted by Gasteiger charge is -2.15. The third-order valence-corrected chi connectivity index (χ3v) is 5.48. The quantitative estimate of drug-likeness (QED) is 0.485. The summed E-state index contributed by atoms with van der Waals surface area (Å²) in [7, 11) is 0. The van der Waals surface area contributed by atoms with E-state index in [4.69, 9.17) is 4.52 Å². The summed E-state index contributed by atoms with van der Waals surface area (Å²) < 4.78 is 7.63. The summed E-state index contributed by atoms with van der Waals surface area (Å²) in [6, 6.07) is 4.09. The Bertz CT molecular complexity index is 1090. The van der Waals surface area contributed by atoms with Crippen molar-refractivity contribution in [1.82, 2.24) is 39.8 Å². The van der Waals surface area contributed by atoms with Gasteiger partial charge >= 0.3 is 0 Å². The fraction of sp³-hybridized carbons (Fsp3) is 0.333. The van der Waals surface area contributed by atoms with Gasteiger partial charge in [0.05, 0.1) is 18.3 Å². The van der Waals surface area contributed by atoms with Crippen LogP contribution in [-0.2, 0) is 13.1 Å². The van der Waals surface area contributed by atoms with Crippen molar-refractivity contribution in [2.24, 2.45) is 0 Å². The molecule has 0 aliphatic carbocycles. The number of rotatable bonds is 6. The van der Waals surface area contributed by atoms with Gasteiger partial charge in [0.25, 0.3) is 0 Å². The molecule has 0 aromatic carbocycles. The van der Waals surface area contributed by atoms with Gasteiger partial charge < -0.3 is 4.52 Å². The van der Waals surface area contributed by atoms with Gasteiger partial charge in [-0.25, -0.2) is 4.98 Å². The van der Waals surface area contributed by atoms with E-state index in [1.54, 1.807) is 24.8 Å². The molecule has 0 radical (unpaired) electrons. The van der Waals surface area contributed by atoms with Gasteiger partial charge in [-0.3, -0.25) is 19.5 Å². The summed E-state index contributed by atoms with van der Waals surface area (Å²) in [5.74, 6) is 1.38. The fourth-order valence-electron chi connectivity index (χ4n) is 4.02. The molecule has 0 amide bonds. The minimum atomic E-state index is 0.0772. The Labute approximate surface area is 173 Å². The van der Waals surface area contributed by atoms with E-state index in [-0.39, 0.29) is 11.8 Å². The highest BCUT2D eigenvalue weighted by Crippen LogP contribution is 2.39. The minimum absolute atomic E-state index is 0.0772. The van der Waals surface area contributed by atoms with Gasteiger partial charge in [-0.2, -0.15) is 10.1 Å². The first kappa shape index (κ1) is 18.6. The van der Waals surface area contributed by atoms with Crippen LogP contribution >= 0.6 is 0 Å². The van der Waals surface area contributed by atoms with Crippen molar-refractivity contribution in [1.29, 1.82) is 0 Å². The second-order valence-corrected chi connectivity index (χ2v) is 7.44. The molecular weight excluding hydrogens is 380 g/mol. The monoisotopic (exact) mass is 402 g/mol. The van der Waals surface area contributed by atoms with E-state index < -0.39 is 0 Å². The first-order valence-corrected chi connectivity index (χ1v) is 10.0. The standard InChI is InChI=1S/C21H22N8O/c1-2-29-12-15(8-25-29)11-28-13-17(16-4-3-5-22-9-16)18(14-28)21-26-20(27-30-21)19-10-23-6-7-24-19/h3-10,12,17-18H,2,11,13-14H2,1H3/t17-,18+/m0/s1. The van der Waals surface area contributed by atoms with Crippen molar-refractivity contribution in [2.75, 3.05) is 13.1 Å². The molecule has 5 heterocycles. The van der Waals surface area contributed by atoms with E-state index in [1.165, 1.54) is 11.1 Å². The highest BCUT2D eigenvalue weighted by Gasteiger charge is 2.38. The van der Waals surface area contributed by atoms with Gasteiger partial charge in [0.2, 0.25) is 11.7 Å². The van der Waals surface area contributed by atoms with Crippen LogP contribution in [0.1, 0.15) is 35.8 Å². The van der Waals surface area contributed by atoms with Crippen molar-refractivity contribution in [3.05, 3.63) is 72.5 Å². The zero-order chi connectivity index (χ0) is 20.3. The van der Waals surface area contributed by atoms with Crippen LogP contribution in [0.15, 0.2) is 60.0 Å². The predicted molar refractivity (Wildman–Crippen MR) is 108 cm³/mol. The van der Waals surface area contributed by atoms with Crippen LogP contribution in [0.25, 0.3) is 11.5 Å². The van der Waals surface area contributed by atoms with Crippen molar-refractivity contribution < 1.29 is 4.52 Å². The predicted octanol–water partition coefficient (Wildman–Crippen LogP) is 2.52. The summed E-state index contributed by atoms with van der Waals surface area (Å²) in [6.45, 7) is 5.49. The summed E-state index contributed by atoms with van der Waals surface area (Å²) >= 11 is 0. The van der Waals surface area contributed by atoms with Gasteiger partial charge in [-0.1, -0.05) is 11.2 Å². The molecule has 30 heavy (non-hydrogen) atoms. The van der Waals surface area contributed by atoms with Crippen LogP contribution in [0.4, 0.5) is 0 Å². The number of aryl methyl sites for hydroxylation is 1. The third kappa shape index (κ3) is 3.71. The molecule has 9 nitrogen and oxygen atoms in total. The number of aromatic nitrogens is 7. The SMILES string of the molecule is CCn1cc(CN2C[C@@H](c3cccnc3)[C@H](c3nc(-c4cnccn4)no3)C2)cn1. The van der Waals surface area contributed by atoms with Crippen LogP contribution < -0.4 is 0 Å². The molecule has 0 saturated carbocycles. The zero-order valence-electron chi connectivity index (χ0n) is 16.7. The largest absolute Gasteiger partial charge is 0.339 e. The summed E-state index contributed by atoms with van der Waals surface area (Å²) in [6.07, 6.45) is 12.6. The lowest BCUT2D eigenvalue weighted by Crippen LogP contribution is -2.20. The van der Waals surface area contributed by atoms with E-state index in [1.807, 2.05) is 23.1 Å². The Morgan fingerprint density at radius 3 is 2.73 bits per heavy atom. The number of hydrogen-bond acceptors (Lipinski definition) is 8. The van der Waals surface area contributed by atoms with Gasteiger partial charge in [-0.05, 0) is 18.6 Å². The molecule has 1 fully saturated rings. The maximum Gasteiger partial charge on any atom is 0.232 e. The van der Waals surface area contributed by atoms with Gasteiger partial charge in [-0.15, -0.1) is 0 Å². The molecule has 4 aromatic rings. The van der Waals surface area contributed by atoms with Crippen molar-refractivity contribution in [3.63, 3.8) is 0 Å². The molecule has 0 N–H and O–H groups in total. The first-order chi connectivity index (χ1) is 14.8. The zero-order valence-corrected chi connectivity index (χ0v) is 16.7. The third-order valence-electron chi connectivity index (χ3n) is 5.48. The molecule has 0 spiro atoms. The summed E-state index contributed by atoms with van der Waals surface area (Å²) in [5.41, 5.74) is 2.98. The Hall–Kier alpha value is -3.46.